The van der Waals surface area contributed by atoms with Crippen molar-refractivity contribution < 1.29 is 0 Å². The highest BCUT2D eigenvalue weighted by Gasteiger charge is 2.60. The minimum Gasteiger partial charge on any atom is -0.309 e. The number of hydrogen-bond acceptors (Lipinski definition) is 2. The highest BCUT2D eigenvalue weighted by atomic mass is 15.3. The molecule has 1 aromatic rings. The van der Waals surface area contributed by atoms with E-state index < -0.39 is 0 Å². The second-order valence-electron chi connectivity index (χ2n) is 7.82. The van der Waals surface area contributed by atoms with Crippen molar-refractivity contribution in [3.05, 3.63) is 17.0 Å². The quantitative estimate of drug-likeness (QED) is 0.917. The van der Waals surface area contributed by atoms with Crippen LogP contribution in [0.1, 0.15) is 57.0 Å². The van der Waals surface area contributed by atoms with Gasteiger partial charge in [0.05, 0.1) is 5.69 Å². The van der Waals surface area contributed by atoms with Gasteiger partial charge in [-0.25, -0.2) is 0 Å². The molecule has 2 aliphatic carbocycles. The van der Waals surface area contributed by atoms with E-state index in [2.05, 4.69) is 45.0 Å². The maximum absolute atomic E-state index is 4.53. The number of hydrogen-bond donors (Lipinski definition) is 1. The summed E-state index contributed by atoms with van der Waals surface area (Å²) in [6.45, 7) is 12.7. The molecule has 2 fully saturated rings. The van der Waals surface area contributed by atoms with Crippen LogP contribution in [0.4, 0.5) is 0 Å². The SMILES string of the molecule is Cc1nn(C)c(C)c1CNC1CC2CCC1(C)C2(C)C. The summed E-state index contributed by atoms with van der Waals surface area (Å²) in [5.41, 5.74) is 4.80. The molecule has 20 heavy (non-hydrogen) atoms. The van der Waals surface area contributed by atoms with Gasteiger partial charge >= 0.3 is 0 Å². The molecule has 0 spiro atoms. The van der Waals surface area contributed by atoms with Gasteiger partial charge in [0.25, 0.3) is 0 Å². The van der Waals surface area contributed by atoms with Gasteiger partial charge in [-0.3, -0.25) is 4.68 Å². The van der Waals surface area contributed by atoms with E-state index in [1.54, 1.807) is 0 Å². The Kier molecular flexibility index (Phi) is 3.06. The fraction of sp³-hybridized carbons (Fsp3) is 0.824. The summed E-state index contributed by atoms with van der Waals surface area (Å²) in [5, 5.41) is 8.39. The third-order valence-corrected chi connectivity index (χ3v) is 6.98. The molecule has 0 saturated heterocycles. The summed E-state index contributed by atoms with van der Waals surface area (Å²) in [5.74, 6) is 0.904. The first kappa shape index (κ1) is 14.1. The summed E-state index contributed by atoms with van der Waals surface area (Å²) < 4.78 is 2.00. The van der Waals surface area contributed by atoms with E-state index in [9.17, 15) is 0 Å². The topological polar surface area (TPSA) is 29.9 Å². The Balaban J connectivity index is 1.75. The van der Waals surface area contributed by atoms with Gasteiger partial charge in [-0.1, -0.05) is 20.8 Å². The highest BCUT2D eigenvalue weighted by molar-refractivity contribution is 5.24. The van der Waals surface area contributed by atoms with Gasteiger partial charge in [-0.05, 0) is 49.9 Å². The summed E-state index contributed by atoms with van der Waals surface area (Å²) in [4.78, 5) is 0. The molecule has 0 amide bonds. The Bertz CT molecular complexity index is 529. The van der Waals surface area contributed by atoms with Crippen LogP contribution in [0.5, 0.6) is 0 Å². The predicted molar refractivity (Wildman–Crippen MR) is 82.5 cm³/mol. The summed E-state index contributed by atoms with van der Waals surface area (Å²) in [7, 11) is 2.04. The van der Waals surface area contributed by atoms with E-state index in [1.807, 2.05) is 11.7 Å². The third-order valence-electron chi connectivity index (χ3n) is 6.98. The number of aryl methyl sites for hydroxylation is 2. The van der Waals surface area contributed by atoms with Gasteiger partial charge in [-0.15, -0.1) is 0 Å². The predicted octanol–water partition coefficient (Wildman–Crippen LogP) is 3.34. The lowest BCUT2D eigenvalue weighted by Crippen LogP contribution is -2.44. The molecule has 0 aliphatic heterocycles. The Morgan fingerprint density at radius 2 is 2.00 bits per heavy atom. The van der Waals surface area contributed by atoms with Gasteiger partial charge in [0.2, 0.25) is 0 Å². The molecule has 2 aliphatic rings. The van der Waals surface area contributed by atoms with Gasteiger partial charge in [0, 0.05) is 30.9 Å². The Morgan fingerprint density at radius 1 is 1.30 bits per heavy atom. The van der Waals surface area contributed by atoms with E-state index in [4.69, 9.17) is 0 Å². The van der Waals surface area contributed by atoms with Crippen molar-refractivity contribution in [1.82, 2.24) is 15.1 Å². The maximum atomic E-state index is 4.53. The molecule has 2 saturated carbocycles. The standard InChI is InChI=1S/C17H29N3/c1-11-14(12(2)20(6)19-11)10-18-15-9-13-7-8-17(15,5)16(13,3)4/h13,15,18H,7-10H2,1-6H3. The normalized spacial score (nSPS) is 34.9. The first-order chi connectivity index (χ1) is 9.27. The lowest BCUT2D eigenvalue weighted by molar-refractivity contribution is 0.120. The summed E-state index contributed by atoms with van der Waals surface area (Å²) in [6, 6.07) is 0.662. The largest absolute Gasteiger partial charge is 0.309 e. The molecule has 0 radical (unpaired) electrons. The van der Waals surface area contributed by atoms with Crippen LogP contribution < -0.4 is 5.32 Å². The minimum atomic E-state index is 0.460. The van der Waals surface area contributed by atoms with Crippen LogP contribution in [0.15, 0.2) is 0 Å². The van der Waals surface area contributed by atoms with Crippen molar-refractivity contribution in [2.75, 3.05) is 0 Å². The fourth-order valence-electron chi connectivity index (χ4n) is 4.81. The monoisotopic (exact) mass is 275 g/mol. The third kappa shape index (κ3) is 1.71. The van der Waals surface area contributed by atoms with E-state index in [-0.39, 0.29) is 0 Å². The Morgan fingerprint density at radius 3 is 2.45 bits per heavy atom. The molecule has 3 heteroatoms. The number of nitrogens with zero attached hydrogens (tertiary/aromatic N) is 2. The average Bonchev–Trinajstić information content (AvgIpc) is 2.82. The lowest BCUT2D eigenvalue weighted by Gasteiger charge is -2.39. The number of rotatable bonds is 3. The van der Waals surface area contributed by atoms with Gasteiger partial charge in [-0.2, -0.15) is 5.10 Å². The van der Waals surface area contributed by atoms with Crippen LogP contribution in [0.25, 0.3) is 0 Å². The molecule has 3 atom stereocenters. The minimum absolute atomic E-state index is 0.460. The van der Waals surface area contributed by atoms with Gasteiger partial charge in [0.1, 0.15) is 0 Å². The van der Waals surface area contributed by atoms with E-state index >= 15 is 0 Å². The summed E-state index contributed by atoms with van der Waals surface area (Å²) >= 11 is 0. The summed E-state index contributed by atoms with van der Waals surface area (Å²) in [6.07, 6.45) is 4.15. The zero-order valence-corrected chi connectivity index (χ0v) is 13.9. The van der Waals surface area contributed by atoms with Crippen LogP contribution in [0, 0.1) is 30.6 Å². The van der Waals surface area contributed by atoms with E-state index in [1.165, 1.54) is 36.2 Å². The lowest BCUT2D eigenvalue weighted by atomic mass is 9.69. The van der Waals surface area contributed by atoms with Crippen molar-refractivity contribution in [2.24, 2.45) is 23.8 Å². The van der Waals surface area contributed by atoms with Crippen LogP contribution in [0.2, 0.25) is 0 Å². The molecule has 1 heterocycles. The molecule has 3 rings (SSSR count). The maximum Gasteiger partial charge on any atom is 0.0641 e. The first-order valence-corrected chi connectivity index (χ1v) is 8.00. The zero-order chi connectivity index (χ0) is 14.7. The van der Waals surface area contributed by atoms with E-state index in [0.717, 1.165) is 12.5 Å². The average molecular weight is 275 g/mol. The fourth-order valence-corrected chi connectivity index (χ4v) is 4.81. The van der Waals surface area contributed by atoms with Crippen LogP contribution in [0.3, 0.4) is 0 Å². The number of fused-ring (bicyclic) bond motifs is 2. The molecular formula is C17H29N3. The van der Waals surface area contributed by atoms with Crippen molar-refractivity contribution >= 4 is 0 Å². The molecule has 1 aromatic heterocycles. The smallest absolute Gasteiger partial charge is 0.0641 e. The number of nitrogens with one attached hydrogen (secondary N) is 1. The van der Waals surface area contributed by atoms with Crippen molar-refractivity contribution in [3.63, 3.8) is 0 Å². The molecule has 3 unspecified atom stereocenters. The van der Waals surface area contributed by atoms with Gasteiger partial charge < -0.3 is 5.32 Å². The molecule has 112 valence electrons. The second kappa shape index (κ2) is 4.33. The molecular weight excluding hydrogens is 246 g/mol. The molecule has 1 N–H and O–H groups in total. The van der Waals surface area contributed by atoms with Gasteiger partial charge in [0.15, 0.2) is 0 Å². The van der Waals surface area contributed by atoms with Crippen molar-refractivity contribution in [3.8, 4) is 0 Å². The zero-order valence-electron chi connectivity index (χ0n) is 13.9. The Labute approximate surface area is 123 Å². The Hall–Kier alpha value is -0.830. The van der Waals surface area contributed by atoms with Crippen molar-refractivity contribution in [2.45, 2.75) is 66.5 Å². The molecule has 2 bridgehead atoms. The van der Waals surface area contributed by atoms with Crippen molar-refractivity contribution in [1.29, 1.82) is 0 Å². The van der Waals surface area contributed by atoms with E-state index in [0.29, 0.717) is 16.9 Å². The van der Waals surface area contributed by atoms with Crippen LogP contribution in [-0.4, -0.2) is 15.8 Å². The first-order valence-electron chi connectivity index (χ1n) is 8.00. The second-order valence-corrected chi connectivity index (χ2v) is 7.82. The van der Waals surface area contributed by atoms with Crippen LogP contribution in [-0.2, 0) is 13.6 Å². The highest BCUT2D eigenvalue weighted by Crippen LogP contribution is 2.65. The molecule has 0 aromatic carbocycles. The molecule has 3 nitrogen and oxygen atoms in total. The number of aromatic nitrogens is 2. The van der Waals surface area contributed by atoms with Crippen LogP contribution >= 0.6 is 0 Å².